The number of aliphatic hydroxyl groups excluding tert-OH is 1. The number of carbonyl (C=O) groups is 6. The van der Waals surface area contributed by atoms with Gasteiger partial charge in [0, 0.05) is 57.9 Å². The summed E-state index contributed by atoms with van der Waals surface area (Å²) >= 11 is 0. The molecule has 20 nitrogen and oxygen atoms in total. The SMILES string of the molecule is C.CC(=O)Cc1ccc(C(C)(C)C)cc1.CC(C)(C)c1ccc(CC(=O)C2(C(N)=O)CC2)cc1.CC(C)(C)c1ccc(S(=O)(=O)NCCO)cc1.CCCOC(=O)Cc1ncc(C(C)(C)C)cn1.COCCOC(=O)Cc1ccc(C(C)(C)C)cn1.COCCOC(=O)Nc1cccc(C(C)(C)C)c1. The lowest BCUT2D eigenvalue weighted by Gasteiger charge is -2.19. The maximum atomic E-state index is 12.1. The molecule has 6 aromatic rings. The molecule has 5 N–H and O–H groups in total. The number of ether oxygens (including phenoxy) is 5. The first-order valence-electron chi connectivity index (χ1n) is 35.0. The number of nitrogens with one attached hydrogen (secondary N) is 2. The van der Waals surface area contributed by atoms with Crippen LogP contribution in [0, 0.1) is 5.41 Å². The van der Waals surface area contributed by atoms with Gasteiger partial charge in [-0.25, -0.2) is 27.9 Å². The molecule has 21 heteroatoms. The lowest BCUT2D eigenvalue weighted by Crippen LogP contribution is -2.33. The molecule has 0 aliphatic heterocycles. The molecule has 2 amide bonds. The molecule has 0 unspecified atom stereocenters. The number of aromatic nitrogens is 3. The van der Waals surface area contributed by atoms with E-state index in [9.17, 15) is 37.2 Å². The number of methoxy groups -OCH3 is 2. The number of Topliss-reactive ketones (excluding diaryl/α,β-unsaturated/α-hetero) is 2. The van der Waals surface area contributed by atoms with Gasteiger partial charge in [0.2, 0.25) is 15.9 Å². The van der Waals surface area contributed by atoms with E-state index in [2.05, 4.69) is 162 Å². The molecule has 0 bridgehead atoms. The van der Waals surface area contributed by atoms with Gasteiger partial charge in [-0.15, -0.1) is 0 Å². The number of hydrogen-bond donors (Lipinski definition) is 4. The Kier molecular flexibility index (Phi) is 39.2. The van der Waals surface area contributed by atoms with E-state index < -0.39 is 27.4 Å². The van der Waals surface area contributed by atoms with Gasteiger partial charge in [0.1, 0.15) is 36.7 Å². The minimum absolute atomic E-state index is 0. The summed E-state index contributed by atoms with van der Waals surface area (Å²) in [6.45, 7) is 43.5. The van der Waals surface area contributed by atoms with Crippen molar-refractivity contribution in [2.24, 2.45) is 11.1 Å². The maximum Gasteiger partial charge on any atom is 0.411 e. The first-order chi connectivity index (χ1) is 47.7. The molecular formula is C83H124N6O14S. The summed E-state index contributed by atoms with van der Waals surface area (Å²) in [4.78, 5) is 81.4. The number of nitrogens with two attached hydrogens (primary N) is 1. The number of carbonyl (C=O) groups excluding carboxylic acids is 6. The number of hydrogen-bond acceptors (Lipinski definition) is 17. The van der Waals surface area contributed by atoms with Crippen LogP contribution >= 0.6 is 0 Å². The predicted molar refractivity (Wildman–Crippen MR) is 416 cm³/mol. The molecule has 1 saturated carbocycles. The molecule has 1 aliphatic carbocycles. The van der Waals surface area contributed by atoms with Gasteiger partial charge in [-0.2, -0.15) is 0 Å². The second-order valence-corrected chi connectivity index (χ2v) is 33.3. The lowest BCUT2D eigenvalue weighted by molar-refractivity contribution is -0.144. The van der Waals surface area contributed by atoms with Crippen molar-refractivity contribution in [3.05, 3.63) is 184 Å². The molecular weight excluding hydrogens is 1340 g/mol. The van der Waals surface area contributed by atoms with Crippen LogP contribution in [0.2, 0.25) is 0 Å². The second-order valence-electron chi connectivity index (χ2n) is 31.5. The quantitative estimate of drug-likeness (QED) is 0.0201. The molecule has 0 radical (unpaired) electrons. The van der Waals surface area contributed by atoms with E-state index in [1.54, 1.807) is 45.7 Å². The number of rotatable bonds is 23. The Morgan fingerprint density at radius 1 is 0.510 bits per heavy atom. The molecule has 0 spiro atoms. The molecule has 1 aliphatic rings. The first kappa shape index (κ1) is 93.9. The topological polar surface area (TPSA) is 292 Å². The predicted octanol–water partition coefficient (Wildman–Crippen LogP) is 14.9. The zero-order valence-corrected chi connectivity index (χ0v) is 66.4. The largest absolute Gasteiger partial charge is 0.465 e. The molecule has 104 heavy (non-hydrogen) atoms. The number of ketones is 2. The van der Waals surface area contributed by atoms with Crippen LogP contribution in [0.15, 0.2) is 133 Å². The zero-order valence-electron chi connectivity index (χ0n) is 65.6. The number of benzene rings is 4. The number of pyridine rings is 1. The van der Waals surface area contributed by atoms with Crippen molar-refractivity contribution in [2.45, 2.75) is 228 Å². The Morgan fingerprint density at radius 2 is 0.933 bits per heavy atom. The molecule has 2 heterocycles. The number of primary amides is 1. The van der Waals surface area contributed by atoms with Gasteiger partial charge in [-0.3, -0.25) is 34.3 Å². The lowest BCUT2D eigenvalue weighted by atomic mass is 9.86. The van der Waals surface area contributed by atoms with Gasteiger partial charge in [0.25, 0.3) is 0 Å². The van der Waals surface area contributed by atoms with Crippen molar-refractivity contribution in [1.82, 2.24) is 19.7 Å². The third-order valence-electron chi connectivity index (χ3n) is 16.1. The third-order valence-corrected chi connectivity index (χ3v) is 17.5. The van der Waals surface area contributed by atoms with Crippen LogP contribution in [0.5, 0.6) is 0 Å². The Hall–Kier alpha value is -8.08. The van der Waals surface area contributed by atoms with Crippen LogP contribution in [0.25, 0.3) is 0 Å². The van der Waals surface area contributed by atoms with Gasteiger partial charge in [-0.05, 0) is 134 Å². The molecule has 1 fully saturated rings. The van der Waals surface area contributed by atoms with E-state index in [0.29, 0.717) is 51.3 Å². The number of esters is 2. The fourth-order valence-corrected chi connectivity index (χ4v) is 10.2. The minimum Gasteiger partial charge on any atom is -0.465 e. The fraction of sp³-hybridized carbons (Fsp3) is 0.530. The van der Waals surface area contributed by atoms with Crippen LogP contribution < -0.4 is 15.8 Å². The van der Waals surface area contributed by atoms with E-state index in [0.717, 1.165) is 51.2 Å². The Bertz CT molecular complexity index is 3680. The van der Waals surface area contributed by atoms with Crippen molar-refractivity contribution >= 4 is 51.2 Å². The highest BCUT2D eigenvalue weighted by Gasteiger charge is 2.54. The average molecular weight is 1460 g/mol. The molecule has 4 aromatic carbocycles. The number of sulfonamides is 1. The minimum atomic E-state index is -3.49. The summed E-state index contributed by atoms with van der Waals surface area (Å²) in [5, 5.41) is 11.3. The smallest absolute Gasteiger partial charge is 0.411 e. The Morgan fingerprint density at radius 3 is 1.34 bits per heavy atom. The van der Waals surface area contributed by atoms with Crippen LogP contribution in [0.1, 0.15) is 221 Å². The van der Waals surface area contributed by atoms with Crippen molar-refractivity contribution in [3.63, 3.8) is 0 Å². The van der Waals surface area contributed by atoms with Crippen molar-refractivity contribution < 1.29 is 66.0 Å². The van der Waals surface area contributed by atoms with E-state index >= 15 is 0 Å². The highest BCUT2D eigenvalue weighted by atomic mass is 32.2. The normalized spacial score (nSPS) is 12.5. The molecule has 2 aromatic heterocycles. The summed E-state index contributed by atoms with van der Waals surface area (Å²) < 4.78 is 50.3. The summed E-state index contributed by atoms with van der Waals surface area (Å²) in [7, 11) is -0.361. The van der Waals surface area contributed by atoms with E-state index in [1.165, 1.54) is 11.1 Å². The Labute approximate surface area is 622 Å². The summed E-state index contributed by atoms with van der Waals surface area (Å²) in [6.07, 6.45) is 8.15. The monoisotopic (exact) mass is 1460 g/mol. The van der Waals surface area contributed by atoms with Crippen molar-refractivity contribution in [3.8, 4) is 0 Å². The van der Waals surface area contributed by atoms with Gasteiger partial charge < -0.3 is 34.5 Å². The van der Waals surface area contributed by atoms with Crippen LogP contribution in [-0.4, -0.2) is 124 Å². The van der Waals surface area contributed by atoms with Crippen molar-refractivity contribution in [2.75, 3.05) is 65.7 Å². The third kappa shape index (κ3) is 36.1. The van der Waals surface area contributed by atoms with Gasteiger partial charge in [0.05, 0.1) is 43.4 Å². The number of anilines is 1. The number of nitrogens with zero attached hydrogens (tertiary/aromatic N) is 3. The molecule has 0 saturated heterocycles. The van der Waals surface area contributed by atoms with E-state index in [4.69, 9.17) is 34.5 Å². The Balaban J connectivity index is 0.000000624. The van der Waals surface area contributed by atoms with E-state index in [-0.39, 0.29) is 108 Å². The van der Waals surface area contributed by atoms with Crippen LogP contribution in [-0.2, 0) is 116 Å². The standard InChI is InChI=1S/C16H21NO2.2C14H21NO3.C13H20N2O2.C13H18O.C12H19NO3S.CH4/c1-15(2,3)12-6-4-11(5-7-12)10-13(18)16(8-9-16)14(17)19;1-14(2,3)11-5-6-12(15-10-11)9-13(16)18-8-7-17-4;1-14(2,3)11-6-5-7-12(10-11)15-13(16)18-9-8-17-4;1-5-6-17-12(16)7-11-14-8-10(9-15-11)13(2,3)4;1-10(14)9-11-5-7-12(8-6-11)13(2,3)4;1-12(2,3)10-4-6-11(7-5-10)17(15,16)13-8-9-14;/h4-7H,8-10H2,1-3H3,(H2,17,19);5-6,10H,7-9H2,1-4H3;5-7,10H,8-9H2,1-4H3,(H,15,16);8-9H,5-7H2,1-4H3;5-8H,9H2,1-4H3;4-7,13-14H,8-9H2,1-3H3;1H4. The molecule has 576 valence electrons. The second kappa shape index (κ2) is 43.4. The average Bonchev–Trinajstić information content (AvgIpc) is 1.62. The highest BCUT2D eigenvalue weighted by Crippen LogP contribution is 2.47. The van der Waals surface area contributed by atoms with Crippen LogP contribution in [0.4, 0.5) is 10.5 Å². The molecule has 7 rings (SSSR count). The van der Waals surface area contributed by atoms with E-state index in [1.807, 2.05) is 98.0 Å². The van der Waals surface area contributed by atoms with Crippen molar-refractivity contribution in [1.29, 1.82) is 0 Å². The fourth-order valence-electron chi connectivity index (χ4n) is 9.15. The first-order valence-corrected chi connectivity index (χ1v) is 36.5. The highest BCUT2D eigenvalue weighted by molar-refractivity contribution is 7.89. The van der Waals surface area contributed by atoms with Gasteiger partial charge >= 0.3 is 18.0 Å². The summed E-state index contributed by atoms with van der Waals surface area (Å²) in [6, 6.07) is 34.8. The molecule has 0 atom stereocenters. The maximum absolute atomic E-state index is 12.1. The summed E-state index contributed by atoms with van der Waals surface area (Å²) in [5.74, 6) is -0.321. The van der Waals surface area contributed by atoms with Crippen LogP contribution in [0.3, 0.4) is 0 Å². The number of amides is 2. The summed E-state index contributed by atoms with van der Waals surface area (Å²) in [5.41, 5.74) is 15.4. The van der Waals surface area contributed by atoms with Gasteiger partial charge in [0.15, 0.2) is 5.78 Å². The zero-order chi connectivity index (χ0) is 78.2. The number of aliphatic hydroxyl groups is 1. The van der Waals surface area contributed by atoms with Gasteiger partial charge in [-0.1, -0.05) is 218 Å².